The standard InChI is InChI=1S/C12H13ClN4/c13-11-10-5-4-8(14)7-17(10)12(16-11)9-3-1-2-6-15-9/h1-3,6,8H,4-5,7,14H2. The van der Waals surface area contributed by atoms with Gasteiger partial charge in [0.1, 0.15) is 5.69 Å². The van der Waals surface area contributed by atoms with Crippen LogP contribution in [0.4, 0.5) is 0 Å². The first-order chi connectivity index (χ1) is 8.25. The maximum atomic E-state index is 6.16. The minimum Gasteiger partial charge on any atom is -0.326 e. The second-order valence-electron chi connectivity index (χ2n) is 4.30. The smallest absolute Gasteiger partial charge is 0.160 e. The summed E-state index contributed by atoms with van der Waals surface area (Å²) in [5, 5.41) is 0.581. The Morgan fingerprint density at radius 1 is 1.41 bits per heavy atom. The first-order valence-electron chi connectivity index (χ1n) is 5.67. The van der Waals surface area contributed by atoms with E-state index in [-0.39, 0.29) is 6.04 Å². The number of pyridine rings is 1. The predicted octanol–water partition coefficient (Wildman–Crippen LogP) is 1.87. The summed E-state index contributed by atoms with van der Waals surface area (Å²) in [5.74, 6) is 0.820. The molecule has 0 aliphatic carbocycles. The molecular formula is C12H13ClN4. The van der Waals surface area contributed by atoms with Crippen molar-refractivity contribution in [2.45, 2.75) is 25.4 Å². The number of fused-ring (bicyclic) bond motifs is 1. The Labute approximate surface area is 104 Å². The van der Waals surface area contributed by atoms with Crippen molar-refractivity contribution in [1.82, 2.24) is 14.5 Å². The van der Waals surface area contributed by atoms with Gasteiger partial charge in [-0.05, 0) is 25.0 Å². The van der Waals surface area contributed by atoms with Crippen molar-refractivity contribution in [3.05, 3.63) is 35.2 Å². The first kappa shape index (κ1) is 10.7. The van der Waals surface area contributed by atoms with E-state index in [2.05, 4.69) is 14.5 Å². The zero-order valence-electron chi connectivity index (χ0n) is 9.31. The van der Waals surface area contributed by atoms with E-state index >= 15 is 0 Å². The highest BCUT2D eigenvalue weighted by Gasteiger charge is 2.23. The van der Waals surface area contributed by atoms with Crippen LogP contribution in [0.15, 0.2) is 24.4 Å². The van der Waals surface area contributed by atoms with Gasteiger partial charge < -0.3 is 10.3 Å². The molecule has 3 rings (SSSR count). The molecule has 17 heavy (non-hydrogen) atoms. The second kappa shape index (κ2) is 4.13. The molecule has 3 heterocycles. The molecule has 0 aromatic carbocycles. The van der Waals surface area contributed by atoms with Gasteiger partial charge in [-0.25, -0.2) is 4.98 Å². The van der Waals surface area contributed by atoms with E-state index in [1.54, 1.807) is 6.20 Å². The van der Waals surface area contributed by atoms with Gasteiger partial charge >= 0.3 is 0 Å². The summed E-state index contributed by atoms with van der Waals surface area (Å²) in [6, 6.07) is 5.94. The lowest BCUT2D eigenvalue weighted by atomic mass is 10.1. The maximum Gasteiger partial charge on any atom is 0.160 e. The molecule has 88 valence electrons. The average Bonchev–Trinajstić information content (AvgIpc) is 2.67. The summed E-state index contributed by atoms with van der Waals surface area (Å²) in [5.41, 5.74) is 7.91. The molecular weight excluding hydrogens is 236 g/mol. The van der Waals surface area contributed by atoms with Gasteiger partial charge in [-0.3, -0.25) is 4.98 Å². The van der Waals surface area contributed by atoms with Crippen LogP contribution in [0, 0.1) is 0 Å². The molecule has 2 aromatic heterocycles. The van der Waals surface area contributed by atoms with Crippen LogP contribution in [-0.4, -0.2) is 20.6 Å². The zero-order chi connectivity index (χ0) is 11.8. The van der Waals surface area contributed by atoms with Crippen LogP contribution in [0.5, 0.6) is 0 Å². The summed E-state index contributed by atoms with van der Waals surface area (Å²) in [6.07, 6.45) is 3.61. The molecule has 2 aromatic rings. The topological polar surface area (TPSA) is 56.7 Å². The van der Waals surface area contributed by atoms with Crippen molar-refractivity contribution < 1.29 is 0 Å². The van der Waals surface area contributed by atoms with Gasteiger partial charge in [0.25, 0.3) is 0 Å². The Morgan fingerprint density at radius 3 is 3.06 bits per heavy atom. The third-order valence-corrected chi connectivity index (χ3v) is 3.39. The molecule has 0 amide bonds. The summed E-state index contributed by atoms with van der Waals surface area (Å²) >= 11 is 6.16. The number of imidazole rings is 1. The molecule has 1 aliphatic rings. The highest BCUT2D eigenvalue weighted by molar-refractivity contribution is 6.30. The molecule has 0 fully saturated rings. The van der Waals surface area contributed by atoms with Crippen LogP contribution in [-0.2, 0) is 13.0 Å². The van der Waals surface area contributed by atoms with E-state index in [9.17, 15) is 0 Å². The molecule has 0 bridgehead atoms. The number of hydrogen-bond acceptors (Lipinski definition) is 3. The van der Waals surface area contributed by atoms with Crippen molar-refractivity contribution in [3.63, 3.8) is 0 Å². The minimum absolute atomic E-state index is 0.176. The molecule has 1 unspecified atom stereocenters. The molecule has 1 atom stereocenters. The highest BCUT2D eigenvalue weighted by atomic mass is 35.5. The van der Waals surface area contributed by atoms with Gasteiger partial charge in [0.05, 0.1) is 5.69 Å². The van der Waals surface area contributed by atoms with E-state index in [4.69, 9.17) is 17.3 Å². The molecule has 5 heteroatoms. The lowest BCUT2D eigenvalue weighted by Gasteiger charge is -2.22. The third-order valence-electron chi connectivity index (χ3n) is 3.09. The number of aromatic nitrogens is 3. The minimum atomic E-state index is 0.176. The SMILES string of the molecule is NC1CCc2c(Cl)nc(-c3ccccn3)n2C1. The lowest BCUT2D eigenvalue weighted by molar-refractivity contribution is 0.463. The lowest BCUT2D eigenvalue weighted by Crippen LogP contribution is -2.32. The van der Waals surface area contributed by atoms with Gasteiger partial charge in [0.15, 0.2) is 11.0 Å². The quantitative estimate of drug-likeness (QED) is 0.838. The Hall–Kier alpha value is -1.39. The number of rotatable bonds is 1. The van der Waals surface area contributed by atoms with Crippen LogP contribution < -0.4 is 5.73 Å². The molecule has 0 saturated heterocycles. The summed E-state index contributed by atoms with van der Waals surface area (Å²) < 4.78 is 2.10. The van der Waals surface area contributed by atoms with Gasteiger partial charge in [0, 0.05) is 18.8 Å². The predicted molar refractivity (Wildman–Crippen MR) is 66.8 cm³/mol. The third kappa shape index (κ3) is 1.83. The molecule has 4 nitrogen and oxygen atoms in total. The maximum absolute atomic E-state index is 6.16. The molecule has 1 aliphatic heterocycles. The fraction of sp³-hybridized carbons (Fsp3) is 0.333. The fourth-order valence-corrected chi connectivity index (χ4v) is 2.51. The van der Waals surface area contributed by atoms with E-state index in [0.717, 1.165) is 36.6 Å². The van der Waals surface area contributed by atoms with Crippen LogP contribution in [0.3, 0.4) is 0 Å². The average molecular weight is 249 g/mol. The number of nitrogens with two attached hydrogens (primary N) is 1. The van der Waals surface area contributed by atoms with Crippen LogP contribution in [0.1, 0.15) is 12.1 Å². The van der Waals surface area contributed by atoms with Crippen molar-refractivity contribution in [2.75, 3.05) is 0 Å². The first-order valence-corrected chi connectivity index (χ1v) is 6.05. The normalized spacial score (nSPS) is 19.1. The van der Waals surface area contributed by atoms with Crippen LogP contribution in [0.2, 0.25) is 5.15 Å². The van der Waals surface area contributed by atoms with E-state index in [1.165, 1.54) is 0 Å². The largest absolute Gasteiger partial charge is 0.326 e. The number of hydrogen-bond donors (Lipinski definition) is 1. The second-order valence-corrected chi connectivity index (χ2v) is 4.66. The number of nitrogens with zero attached hydrogens (tertiary/aromatic N) is 3. The Balaban J connectivity index is 2.13. The fourth-order valence-electron chi connectivity index (χ4n) is 2.23. The van der Waals surface area contributed by atoms with Gasteiger partial charge in [-0.2, -0.15) is 0 Å². The highest BCUT2D eigenvalue weighted by Crippen LogP contribution is 2.28. The van der Waals surface area contributed by atoms with Crippen molar-refractivity contribution in [1.29, 1.82) is 0 Å². The zero-order valence-corrected chi connectivity index (χ0v) is 10.1. The Kier molecular flexibility index (Phi) is 2.61. The van der Waals surface area contributed by atoms with Crippen molar-refractivity contribution in [3.8, 4) is 11.5 Å². The molecule has 0 spiro atoms. The van der Waals surface area contributed by atoms with Gasteiger partial charge in [0.2, 0.25) is 0 Å². The molecule has 0 saturated carbocycles. The van der Waals surface area contributed by atoms with Crippen LogP contribution >= 0.6 is 11.6 Å². The van der Waals surface area contributed by atoms with E-state index < -0.39 is 0 Å². The van der Waals surface area contributed by atoms with Gasteiger partial charge in [-0.1, -0.05) is 17.7 Å². The Bertz CT molecular complexity index is 535. The Morgan fingerprint density at radius 2 is 2.29 bits per heavy atom. The number of halogens is 1. The summed E-state index contributed by atoms with van der Waals surface area (Å²) in [4.78, 5) is 8.72. The van der Waals surface area contributed by atoms with Crippen molar-refractivity contribution >= 4 is 11.6 Å². The van der Waals surface area contributed by atoms with Gasteiger partial charge in [-0.15, -0.1) is 0 Å². The van der Waals surface area contributed by atoms with E-state index in [1.807, 2.05) is 18.2 Å². The molecule has 2 N–H and O–H groups in total. The van der Waals surface area contributed by atoms with Crippen LogP contribution in [0.25, 0.3) is 11.5 Å². The van der Waals surface area contributed by atoms with Crippen molar-refractivity contribution in [2.24, 2.45) is 5.73 Å². The van der Waals surface area contributed by atoms with E-state index in [0.29, 0.717) is 5.15 Å². The molecule has 0 radical (unpaired) electrons. The summed E-state index contributed by atoms with van der Waals surface area (Å²) in [7, 11) is 0. The summed E-state index contributed by atoms with van der Waals surface area (Å²) in [6.45, 7) is 0.765. The monoisotopic (exact) mass is 248 g/mol.